The number of esters is 1. The van der Waals surface area contributed by atoms with E-state index in [0.717, 1.165) is 11.1 Å². The summed E-state index contributed by atoms with van der Waals surface area (Å²) in [5.74, 6) is -0.263. The van der Waals surface area contributed by atoms with E-state index in [2.05, 4.69) is 46.8 Å². The molecule has 0 aromatic heterocycles. The predicted molar refractivity (Wildman–Crippen MR) is 87.3 cm³/mol. The van der Waals surface area contributed by atoms with Gasteiger partial charge in [-0.3, -0.25) is 0 Å². The van der Waals surface area contributed by atoms with Crippen LogP contribution in [-0.4, -0.2) is 13.1 Å². The van der Waals surface area contributed by atoms with Gasteiger partial charge in [0.05, 0.1) is 12.7 Å². The van der Waals surface area contributed by atoms with Crippen molar-refractivity contribution >= 4 is 5.97 Å². The first-order valence-electron chi connectivity index (χ1n) is 7.30. The Labute approximate surface area is 127 Å². The largest absolute Gasteiger partial charge is 0.465 e. The van der Waals surface area contributed by atoms with E-state index in [1.54, 1.807) is 0 Å². The van der Waals surface area contributed by atoms with Gasteiger partial charge in [0, 0.05) is 0 Å². The molecule has 0 heterocycles. The summed E-state index contributed by atoms with van der Waals surface area (Å²) in [6.07, 6.45) is 0. The van der Waals surface area contributed by atoms with E-state index in [1.165, 1.54) is 29.4 Å². The van der Waals surface area contributed by atoms with Crippen molar-refractivity contribution in [3.63, 3.8) is 0 Å². The van der Waals surface area contributed by atoms with Gasteiger partial charge in [0.1, 0.15) is 0 Å². The molecule has 0 bridgehead atoms. The normalized spacial score (nSPS) is 11.8. The van der Waals surface area contributed by atoms with Gasteiger partial charge < -0.3 is 4.74 Å². The molecular formula is C19H24O2. The van der Waals surface area contributed by atoms with Crippen LogP contribution < -0.4 is 0 Å². The van der Waals surface area contributed by atoms with Gasteiger partial charge in [-0.25, -0.2) is 4.79 Å². The Morgan fingerprint density at radius 2 is 1.57 bits per heavy atom. The number of hydrogen-bond acceptors (Lipinski definition) is 2. The Morgan fingerprint density at radius 3 is 2.10 bits per heavy atom. The average Bonchev–Trinajstić information content (AvgIpc) is 2.66. The van der Waals surface area contributed by atoms with Crippen LogP contribution in [0.4, 0.5) is 0 Å². The highest BCUT2D eigenvalue weighted by Crippen LogP contribution is 2.38. The van der Waals surface area contributed by atoms with Crippen molar-refractivity contribution in [2.75, 3.05) is 7.11 Å². The summed E-state index contributed by atoms with van der Waals surface area (Å²) >= 11 is 0. The van der Waals surface area contributed by atoms with Gasteiger partial charge in [0.15, 0.2) is 0 Å². The molecule has 0 saturated carbocycles. The summed E-state index contributed by atoms with van der Waals surface area (Å²) in [6.45, 7) is 12.9. The molecule has 0 radical (unpaired) electrons. The Morgan fingerprint density at radius 1 is 1.00 bits per heavy atom. The van der Waals surface area contributed by atoms with E-state index in [0.29, 0.717) is 5.56 Å². The van der Waals surface area contributed by atoms with Crippen molar-refractivity contribution in [2.24, 2.45) is 0 Å². The maximum Gasteiger partial charge on any atom is 0.338 e. The molecule has 2 aliphatic rings. The van der Waals surface area contributed by atoms with E-state index >= 15 is 0 Å². The summed E-state index contributed by atoms with van der Waals surface area (Å²) < 4.78 is 4.89. The predicted octanol–water partition coefficient (Wildman–Crippen LogP) is 4.80. The number of fused-ring (bicyclic) bond motifs is 1. The van der Waals surface area contributed by atoms with Crippen molar-refractivity contribution in [1.29, 1.82) is 0 Å². The number of carbonyl (C=O) groups excluding carboxylic acids is 1. The number of hydrogen-bond donors (Lipinski definition) is 0. The van der Waals surface area contributed by atoms with E-state index in [-0.39, 0.29) is 11.4 Å². The monoisotopic (exact) mass is 284 g/mol. The first kappa shape index (κ1) is 15.6. The highest BCUT2D eigenvalue weighted by Gasteiger charge is 2.23. The fourth-order valence-electron chi connectivity index (χ4n) is 2.89. The van der Waals surface area contributed by atoms with Crippen LogP contribution in [-0.2, 0) is 10.2 Å². The fourth-order valence-corrected chi connectivity index (χ4v) is 2.89. The minimum atomic E-state index is -0.263. The van der Waals surface area contributed by atoms with Gasteiger partial charge in [-0.1, -0.05) is 32.9 Å². The molecule has 0 aromatic rings. The molecule has 0 amide bonds. The van der Waals surface area contributed by atoms with Crippen LogP contribution in [0, 0.1) is 20.8 Å². The average molecular weight is 284 g/mol. The minimum Gasteiger partial charge on any atom is -0.465 e. The van der Waals surface area contributed by atoms with Crippen molar-refractivity contribution in [1.82, 2.24) is 0 Å². The highest BCUT2D eigenvalue weighted by atomic mass is 16.5. The van der Waals surface area contributed by atoms with Crippen LogP contribution in [0.3, 0.4) is 0 Å². The van der Waals surface area contributed by atoms with Crippen molar-refractivity contribution < 1.29 is 9.53 Å². The second kappa shape index (κ2) is 5.18. The first-order chi connectivity index (χ1) is 9.66. The lowest BCUT2D eigenvalue weighted by Gasteiger charge is -2.18. The van der Waals surface area contributed by atoms with Gasteiger partial charge in [-0.05, 0) is 65.6 Å². The highest BCUT2D eigenvalue weighted by molar-refractivity contribution is 5.98. The third kappa shape index (κ3) is 2.67. The van der Waals surface area contributed by atoms with Gasteiger partial charge in [-0.2, -0.15) is 0 Å². The van der Waals surface area contributed by atoms with Crippen LogP contribution in [0.15, 0.2) is 18.2 Å². The lowest BCUT2D eigenvalue weighted by atomic mass is 9.87. The maximum atomic E-state index is 11.9. The summed E-state index contributed by atoms with van der Waals surface area (Å²) in [4.78, 5) is 11.9. The molecular weight excluding hydrogens is 260 g/mol. The number of ether oxygens (including phenoxy) is 1. The number of methoxy groups -OCH3 is 1. The van der Waals surface area contributed by atoms with E-state index in [9.17, 15) is 4.79 Å². The molecule has 0 fully saturated rings. The Hall–Kier alpha value is -1.83. The van der Waals surface area contributed by atoms with E-state index in [1.807, 2.05) is 13.0 Å². The molecule has 0 saturated heterocycles. The number of rotatable bonds is 1. The first-order valence-corrected chi connectivity index (χ1v) is 7.30. The van der Waals surface area contributed by atoms with E-state index < -0.39 is 0 Å². The molecule has 21 heavy (non-hydrogen) atoms. The summed E-state index contributed by atoms with van der Waals surface area (Å²) in [7, 11) is 1.43. The summed E-state index contributed by atoms with van der Waals surface area (Å²) in [6, 6.07) is 6.44. The standard InChI is InChI=1S/C19H24O2/c1-11-8-14(19(4,5)6)9-12(2)17-13(3)16(10-15(11)17)18(20)21-7/h8-10H,1-7H3. The van der Waals surface area contributed by atoms with Crippen molar-refractivity contribution in [3.05, 3.63) is 46.0 Å². The lowest BCUT2D eigenvalue weighted by molar-refractivity contribution is 0.0600. The zero-order valence-corrected chi connectivity index (χ0v) is 14.0. The Balaban J connectivity index is 2.82. The van der Waals surface area contributed by atoms with Crippen LogP contribution in [0.2, 0.25) is 0 Å². The van der Waals surface area contributed by atoms with Crippen molar-refractivity contribution in [2.45, 2.75) is 47.0 Å². The van der Waals surface area contributed by atoms with Gasteiger partial charge in [-0.15, -0.1) is 0 Å². The summed E-state index contributed by atoms with van der Waals surface area (Å²) in [5.41, 5.74) is 7.80. The van der Waals surface area contributed by atoms with Crippen molar-refractivity contribution in [3.8, 4) is 11.1 Å². The second-order valence-corrected chi connectivity index (χ2v) is 6.82. The van der Waals surface area contributed by atoms with Crippen LogP contribution in [0.25, 0.3) is 11.1 Å². The van der Waals surface area contributed by atoms with Gasteiger partial charge >= 0.3 is 5.97 Å². The zero-order chi connectivity index (χ0) is 15.9. The molecule has 0 aliphatic heterocycles. The maximum absolute atomic E-state index is 11.9. The molecule has 112 valence electrons. The molecule has 0 aromatic carbocycles. The number of carbonyl (C=O) groups is 1. The molecule has 2 nitrogen and oxygen atoms in total. The Kier molecular flexibility index (Phi) is 3.83. The van der Waals surface area contributed by atoms with Crippen LogP contribution >= 0.6 is 0 Å². The fraction of sp³-hybridized carbons (Fsp3) is 0.421. The molecule has 2 aliphatic carbocycles. The summed E-state index contributed by atoms with van der Waals surface area (Å²) in [5, 5.41) is 0. The van der Waals surface area contributed by atoms with Crippen LogP contribution in [0.1, 0.15) is 53.4 Å². The minimum absolute atomic E-state index is 0.102. The third-order valence-electron chi connectivity index (χ3n) is 4.17. The SMILES string of the molecule is COC(=O)c1cc2c(C)cc(C(C)(C)C)cc(C)c-2c1C. The molecule has 0 spiro atoms. The van der Waals surface area contributed by atoms with E-state index in [4.69, 9.17) is 4.74 Å². The van der Waals surface area contributed by atoms with Gasteiger partial charge in [0.25, 0.3) is 0 Å². The second-order valence-electron chi connectivity index (χ2n) is 6.82. The number of aryl methyl sites for hydroxylation is 2. The zero-order valence-electron chi connectivity index (χ0n) is 14.0. The molecule has 0 unspecified atom stereocenters. The lowest BCUT2D eigenvalue weighted by Crippen LogP contribution is -2.10. The van der Waals surface area contributed by atoms with Crippen LogP contribution in [0.5, 0.6) is 0 Å². The quantitative estimate of drug-likeness (QED) is 0.703. The molecule has 0 N–H and O–H groups in total. The molecule has 2 heteroatoms. The smallest absolute Gasteiger partial charge is 0.338 e. The molecule has 0 atom stereocenters. The third-order valence-corrected chi connectivity index (χ3v) is 4.17. The van der Waals surface area contributed by atoms with Gasteiger partial charge in [0.2, 0.25) is 0 Å². The Bertz CT molecular complexity index is 675. The topological polar surface area (TPSA) is 26.3 Å². The molecule has 2 rings (SSSR count).